The van der Waals surface area contributed by atoms with E-state index in [1.165, 1.54) is 23.3 Å². The Morgan fingerprint density at radius 3 is 2.93 bits per heavy atom. The second-order valence-electron chi connectivity index (χ2n) is 3.69. The summed E-state index contributed by atoms with van der Waals surface area (Å²) >= 11 is 1.83. The first kappa shape index (κ1) is 11.5. The predicted molar refractivity (Wildman–Crippen MR) is 64.8 cm³/mol. The molecule has 14 heavy (non-hydrogen) atoms. The van der Waals surface area contributed by atoms with Crippen LogP contribution in [-0.2, 0) is 0 Å². The van der Waals surface area contributed by atoms with E-state index >= 15 is 0 Å². The van der Waals surface area contributed by atoms with Crippen LogP contribution in [0.25, 0.3) is 0 Å². The van der Waals surface area contributed by atoms with Crippen molar-refractivity contribution in [3.05, 3.63) is 34.5 Å². The standard InChI is InChI=1S/C12H19NS/c1-4-6-11(13-9-10(2)3)12-7-5-8-14-12/h5,7-8,11,13H,2,4,6,9H2,1,3H3. The normalized spacial score (nSPS) is 12.7. The lowest BCUT2D eigenvalue weighted by Gasteiger charge is -2.16. The Morgan fingerprint density at radius 2 is 2.43 bits per heavy atom. The van der Waals surface area contributed by atoms with Gasteiger partial charge in [0.2, 0.25) is 0 Å². The van der Waals surface area contributed by atoms with Crippen LogP contribution in [-0.4, -0.2) is 6.54 Å². The average Bonchev–Trinajstić information content (AvgIpc) is 2.64. The molecule has 0 saturated heterocycles. The molecular formula is C12H19NS. The van der Waals surface area contributed by atoms with Crippen LogP contribution in [0.3, 0.4) is 0 Å². The molecule has 0 saturated carbocycles. The summed E-state index contributed by atoms with van der Waals surface area (Å²) in [6.07, 6.45) is 2.42. The van der Waals surface area contributed by atoms with Crippen molar-refractivity contribution in [3.63, 3.8) is 0 Å². The van der Waals surface area contributed by atoms with Crippen LogP contribution in [0, 0.1) is 0 Å². The first-order valence-corrected chi connectivity index (χ1v) is 6.03. The molecule has 1 N–H and O–H groups in total. The molecule has 1 nitrogen and oxygen atoms in total. The molecule has 1 aromatic rings. The van der Waals surface area contributed by atoms with Gasteiger partial charge in [-0.2, -0.15) is 0 Å². The minimum Gasteiger partial charge on any atom is -0.305 e. The SMILES string of the molecule is C=C(C)CNC(CCC)c1cccs1. The molecular weight excluding hydrogens is 190 g/mol. The second-order valence-corrected chi connectivity index (χ2v) is 4.67. The summed E-state index contributed by atoms with van der Waals surface area (Å²) in [5.41, 5.74) is 1.20. The molecule has 1 heterocycles. The fourth-order valence-electron chi connectivity index (χ4n) is 1.42. The number of thiophene rings is 1. The monoisotopic (exact) mass is 209 g/mol. The van der Waals surface area contributed by atoms with E-state index in [4.69, 9.17) is 0 Å². The van der Waals surface area contributed by atoms with Gasteiger partial charge in [-0.3, -0.25) is 0 Å². The van der Waals surface area contributed by atoms with Gasteiger partial charge in [-0.15, -0.1) is 11.3 Å². The third kappa shape index (κ3) is 3.64. The van der Waals surface area contributed by atoms with E-state index in [1.54, 1.807) is 0 Å². The van der Waals surface area contributed by atoms with Crippen LogP contribution in [0.4, 0.5) is 0 Å². The zero-order valence-corrected chi connectivity index (χ0v) is 9.86. The molecule has 0 fully saturated rings. The largest absolute Gasteiger partial charge is 0.305 e. The molecule has 78 valence electrons. The smallest absolute Gasteiger partial charge is 0.0417 e. The highest BCUT2D eigenvalue weighted by Gasteiger charge is 2.09. The first-order valence-electron chi connectivity index (χ1n) is 5.15. The summed E-state index contributed by atoms with van der Waals surface area (Å²) in [5.74, 6) is 0. The fraction of sp³-hybridized carbons (Fsp3) is 0.500. The van der Waals surface area contributed by atoms with Gasteiger partial charge >= 0.3 is 0 Å². The van der Waals surface area contributed by atoms with E-state index in [0.717, 1.165) is 6.54 Å². The molecule has 0 bridgehead atoms. The summed E-state index contributed by atoms with van der Waals surface area (Å²) in [5, 5.41) is 5.67. The van der Waals surface area contributed by atoms with Crippen molar-refractivity contribution < 1.29 is 0 Å². The number of rotatable bonds is 6. The van der Waals surface area contributed by atoms with Gasteiger partial charge < -0.3 is 5.32 Å². The van der Waals surface area contributed by atoms with E-state index < -0.39 is 0 Å². The number of hydrogen-bond donors (Lipinski definition) is 1. The van der Waals surface area contributed by atoms with Crippen molar-refractivity contribution in [1.82, 2.24) is 5.32 Å². The maximum atomic E-state index is 3.91. The Labute approximate surface area is 90.9 Å². The Kier molecular flexibility index (Phi) is 4.91. The van der Waals surface area contributed by atoms with Gasteiger partial charge in [0, 0.05) is 17.5 Å². The number of nitrogens with one attached hydrogen (secondary N) is 1. The zero-order valence-electron chi connectivity index (χ0n) is 9.05. The molecule has 1 aromatic heterocycles. The van der Waals surface area contributed by atoms with Crippen LogP contribution >= 0.6 is 11.3 Å². The molecule has 1 rings (SSSR count). The van der Waals surface area contributed by atoms with Crippen LogP contribution in [0.5, 0.6) is 0 Å². The number of hydrogen-bond acceptors (Lipinski definition) is 2. The molecule has 0 aliphatic carbocycles. The second kappa shape index (κ2) is 5.99. The van der Waals surface area contributed by atoms with E-state index in [0.29, 0.717) is 6.04 Å². The molecule has 0 aliphatic heterocycles. The van der Waals surface area contributed by atoms with Gasteiger partial charge in [0.15, 0.2) is 0 Å². The highest BCUT2D eigenvalue weighted by Crippen LogP contribution is 2.23. The molecule has 0 aromatic carbocycles. The minimum absolute atomic E-state index is 0.511. The predicted octanol–water partition coefficient (Wildman–Crippen LogP) is 3.76. The van der Waals surface area contributed by atoms with E-state index in [1.807, 2.05) is 11.3 Å². The minimum atomic E-state index is 0.511. The average molecular weight is 209 g/mol. The third-order valence-corrected chi connectivity index (χ3v) is 3.10. The maximum Gasteiger partial charge on any atom is 0.0417 e. The summed E-state index contributed by atoms with van der Waals surface area (Å²) in [4.78, 5) is 1.44. The molecule has 0 radical (unpaired) electrons. The zero-order chi connectivity index (χ0) is 10.4. The van der Waals surface area contributed by atoms with Crippen molar-refractivity contribution in [1.29, 1.82) is 0 Å². The molecule has 1 atom stereocenters. The van der Waals surface area contributed by atoms with Crippen molar-refractivity contribution in [2.24, 2.45) is 0 Å². The third-order valence-electron chi connectivity index (χ3n) is 2.11. The quantitative estimate of drug-likeness (QED) is 0.703. The van der Waals surface area contributed by atoms with Crippen molar-refractivity contribution in [2.45, 2.75) is 32.7 Å². The molecule has 0 amide bonds. The summed E-state index contributed by atoms with van der Waals surface area (Å²) in [6.45, 7) is 9.11. The van der Waals surface area contributed by atoms with Crippen LogP contribution in [0.2, 0.25) is 0 Å². The highest BCUT2D eigenvalue weighted by atomic mass is 32.1. The first-order chi connectivity index (χ1) is 6.74. The Hall–Kier alpha value is -0.600. The Balaban J connectivity index is 2.51. The Morgan fingerprint density at radius 1 is 1.64 bits per heavy atom. The molecule has 0 spiro atoms. The fourth-order valence-corrected chi connectivity index (χ4v) is 2.26. The van der Waals surface area contributed by atoms with E-state index in [-0.39, 0.29) is 0 Å². The van der Waals surface area contributed by atoms with Gasteiger partial charge in [-0.05, 0) is 24.8 Å². The van der Waals surface area contributed by atoms with Gasteiger partial charge in [0.1, 0.15) is 0 Å². The van der Waals surface area contributed by atoms with Gasteiger partial charge in [-0.25, -0.2) is 0 Å². The molecule has 0 aliphatic rings. The van der Waals surface area contributed by atoms with Crippen LogP contribution in [0.1, 0.15) is 37.6 Å². The van der Waals surface area contributed by atoms with Crippen molar-refractivity contribution in [3.8, 4) is 0 Å². The van der Waals surface area contributed by atoms with Gasteiger partial charge in [0.05, 0.1) is 0 Å². The van der Waals surface area contributed by atoms with Gasteiger partial charge in [-0.1, -0.05) is 31.6 Å². The van der Waals surface area contributed by atoms with Crippen molar-refractivity contribution in [2.75, 3.05) is 6.54 Å². The lowest BCUT2D eigenvalue weighted by atomic mass is 10.1. The van der Waals surface area contributed by atoms with E-state index in [2.05, 4.69) is 43.3 Å². The van der Waals surface area contributed by atoms with Crippen LogP contribution in [0.15, 0.2) is 29.7 Å². The topological polar surface area (TPSA) is 12.0 Å². The van der Waals surface area contributed by atoms with Gasteiger partial charge in [0.25, 0.3) is 0 Å². The lowest BCUT2D eigenvalue weighted by molar-refractivity contribution is 0.523. The van der Waals surface area contributed by atoms with Crippen molar-refractivity contribution >= 4 is 11.3 Å². The molecule has 2 heteroatoms. The molecule has 1 unspecified atom stereocenters. The maximum absolute atomic E-state index is 3.91. The highest BCUT2D eigenvalue weighted by molar-refractivity contribution is 7.10. The Bertz CT molecular complexity index is 264. The van der Waals surface area contributed by atoms with Crippen LogP contribution < -0.4 is 5.32 Å². The summed E-state index contributed by atoms with van der Waals surface area (Å²) in [7, 11) is 0. The summed E-state index contributed by atoms with van der Waals surface area (Å²) < 4.78 is 0. The van der Waals surface area contributed by atoms with E-state index in [9.17, 15) is 0 Å². The lowest BCUT2D eigenvalue weighted by Crippen LogP contribution is -2.21. The summed E-state index contributed by atoms with van der Waals surface area (Å²) in [6, 6.07) is 4.83.